The van der Waals surface area contributed by atoms with E-state index in [9.17, 15) is 4.79 Å². The van der Waals surface area contributed by atoms with Gasteiger partial charge in [-0.1, -0.05) is 36.4 Å². The molecule has 1 unspecified atom stereocenters. The fraction of sp³-hybridized carbons (Fsp3) is 0.136. The lowest BCUT2D eigenvalue weighted by Gasteiger charge is -2.09. The minimum absolute atomic E-state index is 0.193. The van der Waals surface area contributed by atoms with E-state index in [0.29, 0.717) is 30.1 Å². The highest BCUT2D eigenvalue weighted by Crippen LogP contribution is 2.18. The molecule has 2 aromatic rings. The molecule has 0 bridgehead atoms. The van der Waals surface area contributed by atoms with E-state index in [2.05, 4.69) is 21.4 Å². The second-order valence-corrected chi connectivity index (χ2v) is 6.50. The molecule has 0 radical (unpaired) electrons. The molecule has 0 saturated heterocycles. The Kier molecular flexibility index (Phi) is 6.28. The summed E-state index contributed by atoms with van der Waals surface area (Å²) in [7, 11) is 0. The van der Waals surface area contributed by atoms with Crippen LogP contribution in [-0.4, -0.2) is 21.6 Å². The Labute approximate surface area is 168 Å². The molecule has 29 heavy (non-hydrogen) atoms. The Hall–Kier alpha value is -4.05. The van der Waals surface area contributed by atoms with Gasteiger partial charge in [0.1, 0.15) is 0 Å². The Balaban J connectivity index is 1.57. The second-order valence-electron chi connectivity index (χ2n) is 6.50. The van der Waals surface area contributed by atoms with Gasteiger partial charge in [0.2, 0.25) is 5.91 Å². The fourth-order valence-corrected chi connectivity index (χ4v) is 2.76. The van der Waals surface area contributed by atoms with Crippen molar-refractivity contribution in [2.24, 2.45) is 5.92 Å². The molecule has 1 amide bonds. The number of amides is 1. The minimum atomic E-state index is -0.305. The van der Waals surface area contributed by atoms with Crippen LogP contribution in [0.15, 0.2) is 72.6 Å². The normalized spacial score (nSPS) is 15.6. The number of hydrogen-bond acceptors (Lipinski definition) is 6. The number of hydrogen-bond donors (Lipinski definition) is 3. The summed E-state index contributed by atoms with van der Waals surface area (Å²) in [5.74, 6) is 0.0289. The van der Waals surface area contributed by atoms with Crippen molar-refractivity contribution in [1.82, 2.24) is 15.3 Å². The Bertz CT molecular complexity index is 1040. The number of benzene rings is 1. The molecule has 7 heteroatoms. The highest BCUT2D eigenvalue weighted by molar-refractivity contribution is 6.10. The maximum atomic E-state index is 12.1. The van der Waals surface area contributed by atoms with Gasteiger partial charge < -0.3 is 16.5 Å². The van der Waals surface area contributed by atoms with E-state index in [0.717, 1.165) is 11.1 Å². The number of rotatable bonds is 6. The molecule has 1 heterocycles. The Morgan fingerprint density at radius 3 is 2.90 bits per heavy atom. The van der Waals surface area contributed by atoms with E-state index in [-0.39, 0.29) is 17.5 Å². The smallest absolute Gasteiger partial charge is 0.244 e. The fourth-order valence-electron chi connectivity index (χ4n) is 2.76. The first-order valence-corrected chi connectivity index (χ1v) is 9.05. The number of nitrogens with one attached hydrogen (secondary N) is 2. The summed E-state index contributed by atoms with van der Waals surface area (Å²) in [5.41, 5.74) is 8.67. The van der Waals surface area contributed by atoms with Crippen LogP contribution in [0.3, 0.4) is 0 Å². The van der Waals surface area contributed by atoms with Crippen LogP contribution in [0, 0.1) is 22.7 Å². The molecule has 0 fully saturated rings. The van der Waals surface area contributed by atoms with E-state index < -0.39 is 0 Å². The molecular formula is C22H20N6O. The molecule has 0 saturated carbocycles. The van der Waals surface area contributed by atoms with Gasteiger partial charge in [0.25, 0.3) is 0 Å². The van der Waals surface area contributed by atoms with Crippen LogP contribution in [-0.2, 0) is 11.3 Å². The second kappa shape index (κ2) is 9.24. The van der Waals surface area contributed by atoms with Crippen molar-refractivity contribution in [3.63, 3.8) is 0 Å². The zero-order valence-corrected chi connectivity index (χ0v) is 15.7. The number of nitriles is 1. The number of allylic oxidation sites excluding steroid dienone is 5. The van der Waals surface area contributed by atoms with Crippen molar-refractivity contribution in [3.8, 4) is 17.5 Å². The number of nitrogens with two attached hydrogens (primary N) is 1. The monoisotopic (exact) mass is 384 g/mol. The van der Waals surface area contributed by atoms with E-state index in [4.69, 9.17) is 16.4 Å². The summed E-state index contributed by atoms with van der Waals surface area (Å²) in [4.78, 5) is 20.5. The van der Waals surface area contributed by atoms with Gasteiger partial charge in [0, 0.05) is 18.2 Å². The third-order valence-corrected chi connectivity index (χ3v) is 4.27. The van der Waals surface area contributed by atoms with Gasteiger partial charge in [0.15, 0.2) is 5.82 Å². The third-order valence-electron chi connectivity index (χ3n) is 4.27. The van der Waals surface area contributed by atoms with Crippen LogP contribution < -0.4 is 11.1 Å². The molecule has 3 rings (SSSR count). The van der Waals surface area contributed by atoms with Crippen molar-refractivity contribution in [1.29, 1.82) is 10.7 Å². The maximum absolute atomic E-state index is 12.1. The van der Waals surface area contributed by atoms with Gasteiger partial charge in [-0.05, 0) is 29.7 Å². The Morgan fingerprint density at radius 2 is 2.14 bits per heavy atom. The van der Waals surface area contributed by atoms with Crippen molar-refractivity contribution in [2.45, 2.75) is 13.0 Å². The quantitative estimate of drug-likeness (QED) is 0.521. The lowest BCUT2D eigenvalue weighted by atomic mass is 9.95. The van der Waals surface area contributed by atoms with Crippen molar-refractivity contribution in [3.05, 3.63) is 78.2 Å². The number of nitrogen functional groups attached to an aromatic ring is 1. The maximum Gasteiger partial charge on any atom is 0.244 e. The molecular weight excluding hydrogens is 364 g/mol. The summed E-state index contributed by atoms with van der Waals surface area (Å²) < 4.78 is 0. The van der Waals surface area contributed by atoms with E-state index in [1.54, 1.807) is 24.5 Å². The zero-order valence-electron chi connectivity index (χ0n) is 15.7. The minimum Gasteiger partial charge on any atom is -0.396 e. The molecule has 0 spiro atoms. The van der Waals surface area contributed by atoms with Gasteiger partial charge >= 0.3 is 0 Å². The van der Waals surface area contributed by atoms with Crippen LogP contribution in [0.1, 0.15) is 12.0 Å². The number of carbonyl (C=O) groups excluding carboxylic acids is 1. The molecule has 4 N–H and O–H groups in total. The number of aromatic nitrogens is 2. The first-order chi connectivity index (χ1) is 14.0. The Morgan fingerprint density at radius 1 is 1.34 bits per heavy atom. The first kappa shape index (κ1) is 19.7. The van der Waals surface area contributed by atoms with E-state index in [1.165, 1.54) is 12.2 Å². The van der Waals surface area contributed by atoms with Crippen LogP contribution in [0.25, 0.3) is 11.4 Å². The lowest BCUT2D eigenvalue weighted by Crippen LogP contribution is -2.20. The first-order valence-electron chi connectivity index (χ1n) is 9.05. The molecule has 1 aromatic carbocycles. The molecule has 7 nitrogen and oxygen atoms in total. The lowest BCUT2D eigenvalue weighted by molar-refractivity contribution is -0.116. The average Bonchev–Trinajstić information content (AvgIpc) is 2.76. The van der Waals surface area contributed by atoms with Crippen molar-refractivity contribution >= 4 is 17.3 Å². The van der Waals surface area contributed by atoms with Gasteiger partial charge in [-0.2, -0.15) is 5.26 Å². The average molecular weight is 384 g/mol. The van der Waals surface area contributed by atoms with Crippen LogP contribution in [0.5, 0.6) is 0 Å². The third kappa shape index (κ3) is 5.47. The largest absolute Gasteiger partial charge is 0.396 e. The number of anilines is 1. The van der Waals surface area contributed by atoms with Gasteiger partial charge in [-0.25, -0.2) is 9.97 Å². The van der Waals surface area contributed by atoms with Crippen LogP contribution >= 0.6 is 0 Å². The summed E-state index contributed by atoms with van der Waals surface area (Å²) in [6.07, 6.45) is 11.9. The number of carbonyl (C=O) groups is 1. The summed E-state index contributed by atoms with van der Waals surface area (Å²) >= 11 is 0. The SMILES string of the molecule is N#CC1C=C(C(=N)/C=C\C(=O)NCc2cccc(-c3ncc(N)cn3)c2)C=CC1. The highest BCUT2D eigenvalue weighted by atomic mass is 16.1. The summed E-state index contributed by atoms with van der Waals surface area (Å²) in [6, 6.07) is 9.72. The van der Waals surface area contributed by atoms with Crippen molar-refractivity contribution < 1.29 is 4.79 Å². The molecule has 1 aliphatic rings. The molecule has 144 valence electrons. The highest BCUT2D eigenvalue weighted by Gasteiger charge is 2.10. The van der Waals surface area contributed by atoms with Crippen molar-refractivity contribution in [2.75, 3.05) is 5.73 Å². The summed E-state index contributed by atoms with van der Waals surface area (Å²) in [6.45, 7) is 0.332. The molecule has 1 aromatic heterocycles. The molecule has 1 atom stereocenters. The van der Waals surface area contributed by atoms with E-state index in [1.807, 2.05) is 30.3 Å². The van der Waals surface area contributed by atoms with E-state index >= 15 is 0 Å². The predicted octanol–water partition coefficient (Wildman–Crippen LogP) is 2.94. The van der Waals surface area contributed by atoms with Gasteiger partial charge in [-0.15, -0.1) is 0 Å². The summed E-state index contributed by atoms with van der Waals surface area (Å²) in [5, 5.41) is 19.8. The molecule has 1 aliphatic carbocycles. The zero-order chi connectivity index (χ0) is 20.6. The number of nitrogens with zero attached hydrogens (tertiary/aromatic N) is 3. The van der Waals surface area contributed by atoms with Gasteiger partial charge in [-0.3, -0.25) is 4.79 Å². The predicted molar refractivity (Wildman–Crippen MR) is 112 cm³/mol. The van der Waals surface area contributed by atoms with Crippen LogP contribution in [0.2, 0.25) is 0 Å². The topological polar surface area (TPSA) is 129 Å². The van der Waals surface area contributed by atoms with Crippen LogP contribution in [0.4, 0.5) is 5.69 Å². The standard InChI is InChI=1S/C22H20N6O/c23-11-15-3-1-5-17(9-15)20(25)7-8-21(29)26-12-16-4-2-6-18(10-16)22-27-13-19(24)14-28-22/h1-2,4-10,13-15,25H,3,12,24H2,(H,26,29)/b8-7-,25-20?. The van der Waals surface area contributed by atoms with Gasteiger partial charge in [0.05, 0.1) is 35.8 Å². The molecule has 0 aliphatic heterocycles.